The van der Waals surface area contributed by atoms with E-state index in [4.69, 9.17) is 4.74 Å². The number of nitrogens with zero attached hydrogens (tertiary/aromatic N) is 4. The Morgan fingerprint density at radius 1 is 1.31 bits per heavy atom. The molecule has 2 aromatic rings. The number of amides is 1. The molecule has 1 fully saturated rings. The highest BCUT2D eigenvalue weighted by Crippen LogP contribution is 2.28. The Hall–Kier alpha value is -2.62. The molecule has 8 nitrogen and oxygen atoms in total. The van der Waals surface area contributed by atoms with E-state index in [0.29, 0.717) is 22.5 Å². The van der Waals surface area contributed by atoms with Gasteiger partial charge in [0.25, 0.3) is 17.4 Å². The van der Waals surface area contributed by atoms with Crippen molar-refractivity contribution < 1.29 is 18.3 Å². The maximum absolute atomic E-state index is 13.3. The van der Waals surface area contributed by atoms with E-state index in [9.17, 15) is 18.4 Å². The number of carbonyl (C=O) groups excluding carboxylic acids is 1. The fourth-order valence-corrected chi connectivity index (χ4v) is 3.19. The summed E-state index contributed by atoms with van der Waals surface area (Å²) >= 11 is 0. The second-order valence-electron chi connectivity index (χ2n) is 6.51. The fourth-order valence-electron chi connectivity index (χ4n) is 3.19. The molecule has 0 bridgehead atoms. The zero-order valence-electron chi connectivity index (χ0n) is 14.1. The van der Waals surface area contributed by atoms with Crippen LogP contribution in [0.15, 0.2) is 11.0 Å². The smallest absolute Gasteiger partial charge is 0.258 e. The molecule has 0 atom stereocenters. The Labute approximate surface area is 146 Å². The second-order valence-corrected chi connectivity index (χ2v) is 6.51. The van der Waals surface area contributed by atoms with E-state index in [-0.39, 0.29) is 56.6 Å². The molecule has 2 aromatic heterocycles. The Kier molecular flexibility index (Phi) is 3.87. The first-order chi connectivity index (χ1) is 12.4. The van der Waals surface area contributed by atoms with Crippen molar-refractivity contribution >= 4 is 5.91 Å². The maximum atomic E-state index is 13.3. The number of halogens is 2. The van der Waals surface area contributed by atoms with E-state index in [0.717, 1.165) is 0 Å². The second kappa shape index (κ2) is 5.97. The molecule has 26 heavy (non-hydrogen) atoms. The minimum absolute atomic E-state index is 0.00171. The van der Waals surface area contributed by atoms with Crippen LogP contribution in [-0.4, -0.2) is 49.6 Å². The molecule has 0 saturated carbocycles. The minimum Gasteiger partial charge on any atom is -0.370 e. The Morgan fingerprint density at radius 3 is 2.77 bits per heavy atom. The van der Waals surface area contributed by atoms with Crippen LogP contribution in [0.2, 0.25) is 0 Å². The van der Waals surface area contributed by atoms with Gasteiger partial charge in [0.2, 0.25) is 5.95 Å². The SMILES string of the molecule is Cc1c(C(=O)N2CCC(F)(F)CC2)cnn1-c1nc2c(c(=O)[nH]1)COC2. The molecule has 4 heterocycles. The fraction of sp³-hybridized carbons (Fsp3) is 0.500. The third kappa shape index (κ3) is 2.79. The van der Waals surface area contributed by atoms with E-state index in [1.54, 1.807) is 6.92 Å². The van der Waals surface area contributed by atoms with Gasteiger partial charge in [0.05, 0.1) is 41.9 Å². The molecule has 0 spiro atoms. The Morgan fingerprint density at radius 2 is 2.04 bits per heavy atom. The van der Waals surface area contributed by atoms with Gasteiger partial charge >= 0.3 is 0 Å². The molecule has 1 saturated heterocycles. The third-order valence-corrected chi connectivity index (χ3v) is 4.80. The number of carbonyl (C=O) groups is 1. The molecule has 1 amide bonds. The van der Waals surface area contributed by atoms with E-state index in [1.807, 2.05) is 0 Å². The van der Waals surface area contributed by atoms with Crippen LogP contribution >= 0.6 is 0 Å². The summed E-state index contributed by atoms with van der Waals surface area (Å²) < 4.78 is 33.2. The van der Waals surface area contributed by atoms with Gasteiger partial charge in [-0.05, 0) is 6.92 Å². The molecular formula is C16H17F2N5O3. The average molecular weight is 365 g/mol. The third-order valence-electron chi connectivity index (χ3n) is 4.80. The molecule has 0 radical (unpaired) electrons. The molecule has 2 aliphatic rings. The van der Waals surface area contributed by atoms with Gasteiger partial charge in [-0.15, -0.1) is 0 Å². The van der Waals surface area contributed by atoms with Crippen molar-refractivity contribution in [2.45, 2.75) is 38.9 Å². The number of aromatic amines is 1. The molecule has 4 rings (SSSR count). The molecule has 0 aromatic carbocycles. The van der Waals surface area contributed by atoms with Crippen molar-refractivity contribution in [2.24, 2.45) is 0 Å². The van der Waals surface area contributed by atoms with Crippen molar-refractivity contribution in [3.63, 3.8) is 0 Å². The number of likely N-dealkylation sites (tertiary alicyclic amines) is 1. The molecular weight excluding hydrogens is 348 g/mol. The molecule has 138 valence electrons. The number of piperidine rings is 1. The van der Waals surface area contributed by atoms with Crippen LogP contribution in [0.25, 0.3) is 5.95 Å². The van der Waals surface area contributed by atoms with Crippen molar-refractivity contribution in [1.82, 2.24) is 24.6 Å². The number of rotatable bonds is 2. The topological polar surface area (TPSA) is 93.1 Å². The first-order valence-corrected chi connectivity index (χ1v) is 8.28. The molecule has 2 aliphatic heterocycles. The standard InChI is InChI=1S/C16H17F2N5O3/c1-9-10(14(25)22-4-2-16(17,18)3-5-22)6-19-23(9)15-20-12-8-26-7-11(12)13(24)21-15/h6H,2-5,7-8H2,1H3,(H,20,21,24). The van der Waals surface area contributed by atoms with Crippen molar-refractivity contribution in [1.29, 1.82) is 0 Å². The maximum Gasteiger partial charge on any atom is 0.258 e. The first-order valence-electron chi connectivity index (χ1n) is 8.28. The van der Waals surface area contributed by atoms with Gasteiger partial charge in [-0.1, -0.05) is 0 Å². The predicted octanol–water partition coefficient (Wildman–Crippen LogP) is 1.17. The number of nitrogens with one attached hydrogen (secondary N) is 1. The van der Waals surface area contributed by atoms with Crippen LogP contribution in [0.4, 0.5) is 8.78 Å². The van der Waals surface area contributed by atoms with Gasteiger partial charge in [0.1, 0.15) is 0 Å². The number of fused-ring (bicyclic) bond motifs is 1. The lowest BCUT2D eigenvalue weighted by molar-refractivity contribution is -0.0494. The predicted molar refractivity (Wildman–Crippen MR) is 85.3 cm³/mol. The molecule has 0 unspecified atom stereocenters. The van der Waals surface area contributed by atoms with Crippen LogP contribution in [0.1, 0.15) is 40.2 Å². The summed E-state index contributed by atoms with van der Waals surface area (Å²) in [6.45, 7) is 2.14. The molecule has 10 heteroatoms. The van der Waals surface area contributed by atoms with Gasteiger partial charge in [-0.3, -0.25) is 14.6 Å². The highest BCUT2D eigenvalue weighted by Gasteiger charge is 2.36. The van der Waals surface area contributed by atoms with Crippen LogP contribution in [-0.2, 0) is 18.0 Å². The quantitative estimate of drug-likeness (QED) is 0.862. The summed E-state index contributed by atoms with van der Waals surface area (Å²) in [5, 5.41) is 4.14. The zero-order chi connectivity index (χ0) is 18.5. The van der Waals surface area contributed by atoms with Gasteiger partial charge in [0.15, 0.2) is 0 Å². The largest absolute Gasteiger partial charge is 0.370 e. The van der Waals surface area contributed by atoms with Gasteiger partial charge in [-0.25, -0.2) is 18.4 Å². The lowest BCUT2D eigenvalue weighted by Crippen LogP contribution is -2.42. The average Bonchev–Trinajstić information content (AvgIpc) is 3.21. The number of ether oxygens (including phenoxy) is 1. The summed E-state index contributed by atoms with van der Waals surface area (Å²) in [5.74, 6) is -2.87. The van der Waals surface area contributed by atoms with E-state index in [1.165, 1.54) is 15.8 Å². The van der Waals surface area contributed by atoms with Gasteiger partial charge < -0.3 is 9.64 Å². The minimum atomic E-state index is -2.72. The molecule has 0 aliphatic carbocycles. The lowest BCUT2D eigenvalue weighted by atomic mass is 10.1. The number of H-pyrrole nitrogens is 1. The van der Waals surface area contributed by atoms with E-state index >= 15 is 0 Å². The highest BCUT2D eigenvalue weighted by molar-refractivity contribution is 5.95. The summed E-state index contributed by atoms with van der Waals surface area (Å²) in [6, 6.07) is 0. The van der Waals surface area contributed by atoms with Crippen LogP contribution < -0.4 is 5.56 Å². The van der Waals surface area contributed by atoms with Crippen LogP contribution in [0, 0.1) is 6.92 Å². The normalized spacial score (nSPS) is 18.8. The van der Waals surface area contributed by atoms with Gasteiger partial charge in [0, 0.05) is 25.9 Å². The monoisotopic (exact) mass is 365 g/mol. The van der Waals surface area contributed by atoms with Crippen LogP contribution in [0.3, 0.4) is 0 Å². The van der Waals surface area contributed by atoms with Crippen molar-refractivity contribution in [3.8, 4) is 5.95 Å². The number of aromatic nitrogens is 4. The summed E-state index contributed by atoms with van der Waals surface area (Å²) in [6.07, 6.45) is 0.686. The van der Waals surface area contributed by atoms with Crippen molar-refractivity contribution in [3.05, 3.63) is 39.1 Å². The zero-order valence-corrected chi connectivity index (χ0v) is 14.1. The number of alkyl halides is 2. The van der Waals surface area contributed by atoms with E-state index in [2.05, 4.69) is 15.1 Å². The number of hydrogen-bond donors (Lipinski definition) is 1. The van der Waals surface area contributed by atoms with Crippen molar-refractivity contribution in [2.75, 3.05) is 13.1 Å². The summed E-state index contributed by atoms with van der Waals surface area (Å²) in [7, 11) is 0. The Balaban J connectivity index is 1.62. The first kappa shape index (κ1) is 16.8. The van der Waals surface area contributed by atoms with Crippen LogP contribution in [0.5, 0.6) is 0 Å². The Bertz CT molecular complexity index is 926. The van der Waals surface area contributed by atoms with E-state index < -0.39 is 5.92 Å². The number of hydrogen-bond acceptors (Lipinski definition) is 5. The highest BCUT2D eigenvalue weighted by atomic mass is 19.3. The lowest BCUT2D eigenvalue weighted by Gasteiger charge is -2.31. The molecule has 1 N–H and O–H groups in total. The van der Waals surface area contributed by atoms with Gasteiger partial charge in [-0.2, -0.15) is 5.10 Å². The summed E-state index contributed by atoms with van der Waals surface area (Å²) in [4.78, 5) is 33.1. The summed E-state index contributed by atoms with van der Waals surface area (Å²) in [5.41, 5.74) is 1.52.